The molecule has 0 aromatic rings. The van der Waals surface area contributed by atoms with E-state index in [0.717, 1.165) is 19.2 Å². The van der Waals surface area contributed by atoms with E-state index in [9.17, 15) is 18.0 Å². The van der Waals surface area contributed by atoms with E-state index in [1.807, 2.05) is 19.0 Å². The molecule has 9 heteroatoms. The number of carbonyl (C=O) groups is 2. The van der Waals surface area contributed by atoms with Crippen molar-refractivity contribution in [2.24, 2.45) is 0 Å². The maximum absolute atomic E-state index is 11.8. The molecule has 0 spiro atoms. The van der Waals surface area contributed by atoms with Gasteiger partial charge in [0.25, 0.3) is 0 Å². The number of rotatable bonds is 9. The molecule has 0 saturated heterocycles. The van der Waals surface area contributed by atoms with Crippen LogP contribution in [-0.4, -0.2) is 87.6 Å². The maximum Gasteiger partial charge on any atom is 0.326 e. The molecule has 2 amide bonds. The molecule has 0 aliphatic rings. The number of carboxylic acid groups (broad SMARTS) is 1. The van der Waals surface area contributed by atoms with Crippen LogP contribution in [0.4, 0.5) is 4.79 Å². The van der Waals surface area contributed by atoms with Crippen LogP contribution < -0.4 is 5.32 Å². The Morgan fingerprint density at radius 3 is 2.19 bits per heavy atom. The van der Waals surface area contributed by atoms with Gasteiger partial charge in [-0.15, -0.1) is 0 Å². The molecule has 1 atom stereocenters. The van der Waals surface area contributed by atoms with Gasteiger partial charge >= 0.3 is 12.0 Å². The highest BCUT2D eigenvalue weighted by Gasteiger charge is 2.23. The number of nitrogens with zero attached hydrogens (tertiary/aromatic N) is 2. The Morgan fingerprint density at radius 1 is 1.19 bits per heavy atom. The standard InChI is InChI=1S/C12H25N3O5S/c1-14(2)7-5-8-15(3)12(18)13-10(11(16)17)6-9-21(4,19)20/h10H,5-9H2,1-4H3,(H,13,18)(H,16,17). The van der Waals surface area contributed by atoms with Crippen molar-refractivity contribution in [2.75, 3.05) is 46.2 Å². The first-order valence-electron chi connectivity index (χ1n) is 6.60. The first-order chi connectivity index (χ1) is 9.53. The smallest absolute Gasteiger partial charge is 0.326 e. The van der Waals surface area contributed by atoms with E-state index in [-0.39, 0.29) is 12.2 Å². The van der Waals surface area contributed by atoms with E-state index < -0.39 is 27.9 Å². The monoisotopic (exact) mass is 323 g/mol. The molecule has 0 aromatic heterocycles. The molecule has 0 aliphatic heterocycles. The average molecular weight is 323 g/mol. The van der Waals surface area contributed by atoms with Crippen LogP contribution in [-0.2, 0) is 14.6 Å². The van der Waals surface area contributed by atoms with Crippen LogP contribution >= 0.6 is 0 Å². The fourth-order valence-corrected chi connectivity index (χ4v) is 2.24. The highest BCUT2D eigenvalue weighted by atomic mass is 32.2. The Balaban J connectivity index is 4.37. The number of hydrogen-bond donors (Lipinski definition) is 2. The van der Waals surface area contributed by atoms with Crippen molar-refractivity contribution in [3.8, 4) is 0 Å². The summed E-state index contributed by atoms with van der Waals surface area (Å²) in [5.74, 6) is -1.53. The summed E-state index contributed by atoms with van der Waals surface area (Å²) in [6.07, 6.45) is 1.64. The lowest BCUT2D eigenvalue weighted by Gasteiger charge is -2.22. The second-order valence-corrected chi connectivity index (χ2v) is 7.60. The highest BCUT2D eigenvalue weighted by Crippen LogP contribution is 1.99. The van der Waals surface area contributed by atoms with Gasteiger partial charge in [-0.3, -0.25) is 0 Å². The van der Waals surface area contributed by atoms with Crippen molar-refractivity contribution >= 4 is 21.8 Å². The van der Waals surface area contributed by atoms with Gasteiger partial charge in [-0.05, 0) is 33.5 Å². The third kappa shape index (κ3) is 10.1. The SMILES string of the molecule is CN(C)CCCN(C)C(=O)NC(CCS(C)(=O)=O)C(=O)O. The summed E-state index contributed by atoms with van der Waals surface area (Å²) in [5.41, 5.74) is 0. The van der Waals surface area contributed by atoms with Gasteiger partial charge in [-0.25, -0.2) is 18.0 Å². The van der Waals surface area contributed by atoms with Crippen LogP contribution in [0.15, 0.2) is 0 Å². The number of urea groups is 1. The number of sulfone groups is 1. The zero-order chi connectivity index (χ0) is 16.6. The summed E-state index contributed by atoms with van der Waals surface area (Å²) in [6, 6.07) is -1.72. The van der Waals surface area contributed by atoms with Gasteiger partial charge in [0.2, 0.25) is 0 Å². The lowest BCUT2D eigenvalue weighted by molar-refractivity contribution is -0.139. The molecule has 1 unspecified atom stereocenters. The minimum atomic E-state index is -3.27. The van der Waals surface area contributed by atoms with Crippen LogP contribution in [0.3, 0.4) is 0 Å². The van der Waals surface area contributed by atoms with Crippen molar-refractivity contribution in [3.63, 3.8) is 0 Å². The van der Waals surface area contributed by atoms with Gasteiger partial charge in [-0.2, -0.15) is 0 Å². The minimum absolute atomic E-state index is 0.147. The average Bonchev–Trinajstić information content (AvgIpc) is 2.31. The lowest BCUT2D eigenvalue weighted by atomic mass is 10.2. The Hall–Kier alpha value is -1.35. The van der Waals surface area contributed by atoms with E-state index in [0.29, 0.717) is 6.54 Å². The predicted molar refractivity (Wildman–Crippen MR) is 80.1 cm³/mol. The van der Waals surface area contributed by atoms with Gasteiger partial charge in [-0.1, -0.05) is 0 Å². The first-order valence-corrected chi connectivity index (χ1v) is 8.66. The van der Waals surface area contributed by atoms with E-state index >= 15 is 0 Å². The Kier molecular flexibility index (Phi) is 8.26. The van der Waals surface area contributed by atoms with Crippen LogP contribution in [0.2, 0.25) is 0 Å². The van der Waals surface area contributed by atoms with Crippen molar-refractivity contribution in [3.05, 3.63) is 0 Å². The van der Waals surface area contributed by atoms with E-state index in [1.54, 1.807) is 7.05 Å². The first kappa shape index (κ1) is 19.7. The quantitative estimate of drug-likeness (QED) is 0.590. The number of nitrogens with one attached hydrogen (secondary N) is 1. The molecule has 2 N–H and O–H groups in total. The molecule has 0 saturated carbocycles. The molecular formula is C12H25N3O5S. The van der Waals surface area contributed by atoms with E-state index in [1.165, 1.54) is 4.90 Å². The summed E-state index contributed by atoms with van der Waals surface area (Å²) >= 11 is 0. The molecule has 0 aliphatic carbocycles. The third-order valence-corrected chi connectivity index (χ3v) is 3.80. The number of amides is 2. The topological polar surface area (TPSA) is 107 Å². The van der Waals surface area contributed by atoms with E-state index in [2.05, 4.69) is 5.32 Å². The summed E-state index contributed by atoms with van der Waals surface area (Å²) in [6.45, 7) is 1.30. The Bertz CT molecular complexity index is 450. The Labute approximate surface area is 126 Å². The Morgan fingerprint density at radius 2 is 1.76 bits per heavy atom. The summed E-state index contributed by atoms with van der Waals surface area (Å²) in [5, 5.41) is 11.4. The van der Waals surface area contributed by atoms with Crippen LogP contribution in [0, 0.1) is 0 Å². The predicted octanol–water partition coefficient (Wildman–Crippen LogP) is -0.533. The van der Waals surface area contributed by atoms with Crippen molar-refractivity contribution in [1.29, 1.82) is 0 Å². The molecule has 124 valence electrons. The second kappa shape index (κ2) is 8.83. The molecule has 0 rings (SSSR count). The van der Waals surface area contributed by atoms with Gasteiger partial charge in [0.1, 0.15) is 15.9 Å². The zero-order valence-electron chi connectivity index (χ0n) is 13.0. The third-order valence-electron chi connectivity index (χ3n) is 2.82. The number of aliphatic carboxylic acids is 1. The number of hydrogen-bond acceptors (Lipinski definition) is 5. The molecule has 21 heavy (non-hydrogen) atoms. The van der Waals surface area contributed by atoms with Crippen LogP contribution in [0.1, 0.15) is 12.8 Å². The second-order valence-electron chi connectivity index (χ2n) is 5.34. The van der Waals surface area contributed by atoms with Crippen LogP contribution in [0.5, 0.6) is 0 Å². The molecule has 0 aromatic carbocycles. The molecule has 0 heterocycles. The van der Waals surface area contributed by atoms with Gasteiger partial charge in [0.15, 0.2) is 0 Å². The summed E-state index contributed by atoms with van der Waals surface area (Å²) in [7, 11) is 2.15. The fourth-order valence-electron chi connectivity index (χ4n) is 1.57. The van der Waals surface area contributed by atoms with Crippen molar-refractivity contribution < 1.29 is 23.1 Å². The fraction of sp³-hybridized carbons (Fsp3) is 0.833. The molecule has 0 bridgehead atoms. The molecule has 8 nitrogen and oxygen atoms in total. The number of carbonyl (C=O) groups excluding carboxylic acids is 1. The van der Waals surface area contributed by atoms with Gasteiger partial charge in [0.05, 0.1) is 5.75 Å². The molecular weight excluding hydrogens is 298 g/mol. The largest absolute Gasteiger partial charge is 0.480 e. The van der Waals surface area contributed by atoms with Gasteiger partial charge in [0, 0.05) is 19.8 Å². The van der Waals surface area contributed by atoms with E-state index in [4.69, 9.17) is 5.11 Å². The van der Waals surface area contributed by atoms with Crippen LogP contribution in [0.25, 0.3) is 0 Å². The normalized spacial score (nSPS) is 13.0. The summed E-state index contributed by atoms with van der Waals surface area (Å²) < 4.78 is 22.1. The van der Waals surface area contributed by atoms with Gasteiger partial charge < -0.3 is 20.2 Å². The maximum atomic E-state index is 11.8. The molecule has 0 fully saturated rings. The van der Waals surface area contributed by atoms with Crippen molar-refractivity contribution in [1.82, 2.24) is 15.1 Å². The highest BCUT2D eigenvalue weighted by molar-refractivity contribution is 7.90. The zero-order valence-corrected chi connectivity index (χ0v) is 13.8. The minimum Gasteiger partial charge on any atom is -0.480 e. The summed E-state index contributed by atoms with van der Waals surface area (Å²) in [4.78, 5) is 26.3. The molecule has 0 radical (unpaired) electrons. The number of carboxylic acids is 1. The lowest BCUT2D eigenvalue weighted by Crippen LogP contribution is -2.47. The van der Waals surface area contributed by atoms with Crippen molar-refractivity contribution in [2.45, 2.75) is 18.9 Å².